The summed E-state index contributed by atoms with van der Waals surface area (Å²) in [6, 6.07) is 11.6. The van der Waals surface area contributed by atoms with Crippen molar-refractivity contribution in [2.45, 2.75) is 31.4 Å². The quantitative estimate of drug-likeness (QED) is 0.743. The van der Waals surface area contributed by atoms with E-state index >= 15 is 0 Å². The Hall–Kier alpha value is -2.22. The summed E-state index contributed by atoms with van der Waals surface area (Å²) in [6.07, 6.45) is 3.82. The third kappa shape index (κ3) is 4.94. The van der Waals surface area contributed by atoms with Crippen molar-refractivity contribution in [3.8, 4) is 0 Å². The number of aromatic nitrogens is 2. The van der Waals surface area contributed by atoms with Crippen molar-refractivity contribution in [3.05, 3.63) is 48.2 Å². The zero-order valence-electron chi connectivity index (χ0n) is 15.8. The van der Waals surface area contributed by atoms with Crippen molar-refractivity contribution >= 4 is 11.7 Å². The number of carbonyl (C=O) groups is 1. The average Bonchev–Trinajstić information content (AvgIpc) is 3.16. The Morgan fingerprint density at radius 3 is 2.70 bits per heavy atom. The molecule has 0 spiro atoms. The second-order valence-electron chi connectivity index (χ2n) is 6.83. The maximum absolute atomic E-state index is 12.7. The van der Waals surface area contributed by atoms with Crippen molar-refractivity contribution in [3.63, 3.8) is 0 Å². The van der Waals surface area contributed by atoms with Crippen LogP contribution in [0.1, 0.15) is 37.0 Å². The molecule has 1 aromatic carbocycles. The third-order valence-electron chi connectivity index (χ3n) is 5.03. The molecule has 1 aromatic heterocycles. The van der Waals surface area contributed by atoms with Crippen LogP contribution in [0.4, 0.5) is 5.82 Å². The van der Waals surface area contributed by atoms with Crippen LogP contribution in [0.5, 0.6) is 0 Å². The number of hydrogen-bond donors (Lipinski definition) is 2. The molecule has 1 saturated heterocycles. The number of nitrogens with one attached hydrogen (secondary N) is 1. The first-order valence-electron chi connectivity index (χ1n) is 9.48. The van der Waals surface area contributed by atoms with Crippen LogP contribution in [0, 0.1) is 0 Å². The average molecular weight is 372 g/mol. The van der Waals surface area contributed by atoms with Crippen molar-refractivity contribution in [1.82, 2.24) is 14.7 Å². The number of hydrogen-bond acceptors (Lipinski definition) is 5. The highest BCUT2D eigenvalue weighted by molar-refractivity contribution is 5.94. The maximum Gasteiger partial charge on any atom is 0.259 e. The second kappa shape index (κ2) is 9.64. The van der Waals surface area contributed by atoms with E-state index in [2.05, 4.69) is 15.3 Å². The van der Waals surface area contributed by atoms with E-state index in [1.54, 1.807) is 6.20 Å². The number of aliphatic hydroxyl groups excluding tert-OH is 1. The van der Waals surface area contributed by atoms with Gasteiger partial charge in [-0.15, -0.1) is 0 Å². The third-order valence-corrected chi connectivity index (χ3v) is 5.03. The predicted octanol–water partition coefficient (Wildman–Crippen LogP) is 2.23. The van der Waals surface area contributed by atoms with Gasteiger partial charge in [0, 0.05) is 39.4 Å². The van der Waals surface area contributed by atoms with Crippen LogP contribution in [0.3, 0.4) is 0 Å². The van der Waals surface area contributed by atoms with Gasteiger partial charge in [0.1, 0.15) is 5.82 Å². The Morgan fingerprint density at radius 1 is 1.30 bits per heavy atom. The largest absolute Gasteiger partial charge is 0.396 e. The molecule has 2 aromatic rings. The summed E-state index contributed by atoms with van der Waals surface area (Å²) in [5.41, 5.74) is 0.820. The number of aliphatic hydroxyl groups is 1. The summed E-state index contributed by atoms with van der Waals surface area (Å²) in [4.78, 5) is 15.1. The Bertz CT molecular complexity index is 711. The molecule has 1 aliphatic heterocycles. The van der Waals surface area contributed by atoms with Gasteiger partial charge in [-0.1, -0.05) is 30.3 Å². The van der Waals surface area contributed by atoms with E-state index in [4.69, 9.17) is 9.84 Å². The van der Waals surface area contributed by atoms with E-state index in [9.17, 15) is 4.79 Å². The van der Waals surface area contributed by atoms with E-state index in [0.29, 0.717) is 5.82 Å². The zero-order valence-corrected chi connectivity index (χ0v) is 15.8. The number of methoxy groups -OCH3 is 1. The van der Waals surface area contributed by atoms with E-state index in [-0.39, 0.29) is 18.6 Å². The van der Waals surface area contributed by atoms with Crippen LogP contribution in [0.25, 0.3) is 0 Å². The summed E-state index contributed by atoms with van der Waals surface area (Å²) < 4.78 is 7.33. The summed E-state index contributed by atoms with van der Waals surface area (Å²) in [7, 11) is 1.54. The molecule has 27 heavy (non-hydrogen) atoms. The molecule has 7 heteroatoms. The van der Waals surface area contributed by atoms with Crippen molar-refractivity contribution in [1.29, 1.82) is 0 Å². The van der Waals surface area contributed by atoms with Gasteiger partial charge < -0.3 is 20.1 Å². The predicted molar refractivity (Wildman–Crippen MR) is 103 cm³/mol. The number of ether oxygens (including phenoxy) is 1. The fraction of sp³-hybridized carbons (Fsp3) is 0.500. The minimum atomic E-state index is -0.658. The lowest BCUT2D eigenvalue weighted by atomic mass is 10.0. The molecular formula is C20H28N4O3. The molecule has 2 N–H and O–H groups in total. The van der Waals surface area contributed by atoms with Crippen LogP contribution in [-0.2, 0) is 9.53 Å². The Kier molecular flexibility index (Phi) is 6.98. The van der Waals surface area contributed by atoms with Gasteiger partial charge in [-0.05, 0) is 24.8 Å². The second-order valence-corrected chi connectivity index (χ2v) is 6.83. The van der Waals surface area contributed by atoms with Crippen molar-refractivity contribution in [2.75, 3.05) is 38.7 Å². The molecule has 0 bridgehead atoms. The first kappa shape index (κ1) is 19.5. The molecule has 1 aliphatic rings. The lowest BCUT2D eigenvalue weighted by Crippen LogP contribution is -2.36. The fourth-order valence-electron chi connectivity index (χ4n) is 3.60. The van der Waals surface area contributed by atoms with Crippen molar-refractivity contribution in [2.24, 2.45) is 0 Å². The Morgan fingerprint density at radius 2 is 2.04 bits per heavy atom. The van der Waals surface area contributed by atoms with E-state index < -0.39 is 6.10 Å². The number of carbonyl (C=O) groups excluding carboxylic acids is 1. The summed E-state index contributed by atoms with van der Waals surface area (Å²) in [6.45, 7) is 3.11. The molecule has 7 nitrogen and oxygen atoms in total. The number of benzene rings is 1. The topological polar surface area (TPSA) is 79.6 Å². The summed E-state index contributed by atoms with van der Waals surface area (Å²) in [5.74, 6) is 0.498. The molecule has 0 unspecified atom stereocenters. The first-order valence-corrected chi connectivity index (χ1v) is 9.48. The monoisotopic (exact) mass is 372 g/mol. The number of amides is 1. The fourth-order valence-corrected chi connectivity index (χ4v) is 3.60. The highest BCUT2D eigenvalue weighted by atomic mass is 16.5. The lowest BCUT2D eigenvalue weighted by molar-refractivity contribution is -0.126. The molecule has 1 amide bonds. The van der Waals surface area contributed by atoms with Crippen LogP contribution in [0.2, 0.25) is 0 Å². The van der Waals surface area contributed by atoms with Crippen LogP contribution < -0.4 is 5.32 Å². The van der Waals surface area contributed by atoms with E-state index in [0.717, 1.165) is 44.5 Å². The van der Waals surface area contributed by atoms with Gasteiger partial charge in [0.2, 0.25) is 0 Å². The number of nitrogens with zero attached hydrogens (tertiary/aromatic N) is 3. The van der Waals surface area contributed by atoms with Crippen LogP contribution in [-0.4, -0.2) is 59.0 Å². The van der Waals surface area contributed by atoms with Gasteiger partial charge in [-0.3, -0.25) is 4.79 Å². The van der Waals surface area contributed by atoms with Gasteiger partial charge in [-0.25, -0.2) is 4.68 Å². The Balaban J connectivity index is 1.63. The lowest BCUT2D eigenvalue weighted by Gasteiger charge is -2.32. The summed E-state index contributed by atoms with van der Waals surface area (Å²) in [5, 5.41) is 16.4. The molecule has 0 aliphatic carbocycles. The first-order chi connectivity index (χ1) is 13.2. The number of anilines is 1. The van der Waals surface area contributed by atoms with Crippen LogP contribution in [0.15, 0.2) is 42.6 Å². The molecule has 0 radical (unpaired) electrons. The number of likely N-dealkylation sites (tertiary alicyclic amines) is 1. The minimum Gasteiger partial charge on any atom is -0.396 e. The molecule has 2 heterocycles. The smallest absolute Gasteiger partial charge is 0.259 e. The highest BCUT2D eigenvalue weighted by Crippen LogP contribution is 2.26. The SMILES string of the molecule is CO[C@@H](C(=O)Nc1ccnn1C1CCN(CCCO)CC1)c1ccccc1. The molecule has 146 valence electrons. The number of rotatable bonds is 8. The standard InChI is InChI=1S/C20H28N4O3/c1-27-19(16-6-3-2-4-7-16)20(26)22-18-8-11-21-24(18)17-9-13-23(14-10-17)12-5-15-25/h2-4,6-8,11,17,19,25H,5,9-10,12-15H2,1H3,(H,22,26)/t19-/m1/s1. The van der Waals surface area contributed by atoms with E-state index in [1.165, 1.54) is 7.11 Å². The normalized spacial score (nSPS) is 17.0. The summed E-state index contributed by atoms with van der Waals surface area (Å²) >= 11 is 0. The minimum absolute atomic E-state index is 0.203. The van der Waals surface area contributed by atoms with Gasteiger partial charge in [0.25, 0.3) is 5.91 Å². The van der Waals surface area contributed by atoms with Crippen molar-refractivity contribution < 1.29 is 14.6 Å². The molecule has 1 atom stereocenters. The van der Waals surface area contributed by atoms with Gasteiger partial charge in [0.05, 0.1) is 12.2 Å². The van der Waals surface area contributed by atoms with Gasteiger partial charge in [-0.2, -0.15) is 5.10 Å². The van der Waals surface area contributed by atoms with Gasteiger partial charge in [0.15, 0.2) is 6.10 Å². The molecular weight excluding hydrogens is 344 g/mol. The van der Waals surface area contributed by atoms with Crippen LogP contribution >= 0.6 is 0 Å². The molecule has 1 fully saturated rings. The molecule has 3 rings (SSSR count). The van der Waals surface area contributed by atoms with E-state index in [1.807, 2.05) is 41.1 Å². The maximum atomic E-state index is 12.7. The number of piperidine rings is 1. The zero-order chi connectivity index (χ0) is 19.1. The highest BCUT2D eigenvalue weighted by Gasteiger charge is 2.25. The van der Waals surface area contributed by atoms with Gasteiger partial charge >= 0.3 is 0 Å². The molecule has 0 saturated carbocycles. The Labute approximate surface area is 159 Å².